The first kappa shape index (κ1) is 26.6. The van der Waals surface area contributed by atoms with Gasteiger partial charge in [-0.25, -0.2) is 0 Å². The Hall–Kier alpha value is -2.99. The normalized spacial score (nSPS) is 24.5. The third kappa shape index (κ3) is 5.56. The number of ether oxygens (including phenoxy) is 1. The first-order chi connectivity index (χ1) is 18.4. The summed E-state index contributed by atoms with van der Waals surface area (Å²) in [6.07, 6.45) is 10.8. The van der Waals surface area contributed by atoms with Crippen molar-refractivity contribution < 1.29 is 19.4 Å². The van der Waals surface area contributed by atoms with Gasteiger partial charge in [0.2, 0.25) is 5.91 Å². The lowest BCUT2D eigenvalue weighted by Gasteiger charge is -2.41. The van der Waals surface area contributed by atoms with E-state index in [1.165, 1.54) is 11.1 Å². The molecule has 2 aromatic rings. The molecular weight excluding hydrogens is 500 g/mol. The molecule has 2 atom stereocenters. The summed E-state index contributed by atoms with van der Waals surface area (Å²) >= 11 is 6.36. The van der Waals surface area contributed by atoms with Crippen molar-refractivity contribution in [3.63, 3.8) is 0 Å². The number of rotatable bonds is 1. The minimum atomic E-state index is -0.905. The maximum atomic E-state index is 12.7. The summed E-state index contributed by atoms with van der Waals surface area (Å²) in [6.45, 7) is 2.81. The van der Waals surface area contributed by atoms with E-state index >= 15 is 0 Å². The highest BCUT2D eigenvalue weighted by atomic mass is 35.5. The number of fused-ring (bicyclic) bond motifs is 3. The van der Waals surface area contributed by atoms with E-state index in [1.54, 1.807) is 11.9 Å². The van der Waals surface area contributed by atoms with Crippen molar-refractivity contribution in [3.8, 4) is 5.75 Å². The van der Waals surface area contributed by atoms with Gasteiger partial charge in [-0.15, -0.1) is 0 Å². The molecule has 2 bridgehead atoms. The van der Waals surface area contributed by atoms with E-state index in [4.69, 9.17) is 16.3 Å². The summed E-state index contributed by atoms with van der Waals surface area (Å²) in [7, 11) is 1.77. The van der Waals surface area contributed by atoms with Crippen LogP contribution in [0.15, 0.2) is 48.6 Å². The fraction of sp³-hybridized carbons (Fsp3) is 0.484. The second kappa shape index (κ2) is 11.4. The van der Waals surface area contributed by atoms with E-state index in [9.17, 15) is 14.7 Å². The monoisotopic (exact) mass is 536 g/mol. The first-order valence-corrected chi connectivity index (χ1v) is 14.2. The summed E-state index contributed by atoms with van der Waals surface area (Å²) in [5, 5.41) is 10.9. The van der Waals surface area contributed by atoms with Crippen LogP contribution in [0.5, 0.6) is 5.75 Å². The number of benzene rings is 2. The van der Waals surface area contributed by atoms with Crippen LogP contribution in [0, 0.1) is 0 Å². The molecule has 0 saturated heterocycles. The van der Waals surface area contributed by atoms with Gasteiger partial charge in [0.15, 0.2) is 0 Å². The highest BCUT2D eigenvalue weighted by Gasteiger charge is 2.41. The smallest absolute Gasteiger partial charge is 0.310 e. The minimum absolute atomic E-state index is 0.0364. The molecule has 0 fully saturated rings. The van der Waals surface area contributed by atoms with E-state index in [2.05, 4.69) is 23.1 Å². The molecule has 1 N–H and O–H groups in total. The number of likely N-dealkylation sites (N-methyl/N-ethyl adjacent to an activating group) is 1. The van der Waals surface area contributed by atoms with Crippen molar-refractivity contribution in [2.24, 2.45) is 0 Å². The summed E-state index contributed by atoms with van der Waals surface area (Å²) in [6, 6.07) is 12.1. The van der Waals surface area contributed by atoms with Gasteiger partial charge in [-0.3, -0.25) is 9.59 Å². The fourth-order valence-corrected chi connectivity index (χ4v) is 6.49. The second-order valence-electron chi connectivity index (χ2n) is 11.0. The van der Waals surface area contributed by atoms with Gasteiger partial charge in [0.25, 0.3) is 0 Å². The molecule has 3 aliphatic rings. The Morgan fingerprint density at radius 2 is 1.97 bits per heavy atom. The third-order valence-corrected chi connectivity index (χ3v) is 8.66. The van der Waals surface area contributed by atoms with Gasteiger partial charge in [-0.1, -0.05) is 35.9 Å². The van der Waals surface area contributed by atoms with Crippen LogP contribution >= 0.6 is 11.6 Å². The Labute approximate surface area is 230 Å². The highest BCUT2D eigenvalue weighted by molar-refractivity contribution is 6.30. The van der Waals surface area contributed by atoms with Gasteiger partial charge in [-0.2, -0.15) is 0 Å². The third-order valence-electron chi connectivity index (χ3n) is 8.43. The van der Waals surface area contributed by atoms with Gasteiger partial charge in [0.1, 0.15) is 5.75 Å². The molecular formula is C31H37ClN2O4. The Kier molecular flexibility index (Phi) is 7.98. The van der Waals surface area contributed by atoms with E-state index < -0.39 is 11.9 Å². The number of carbonyl (C=O) groups excluding carboxylic acids is 1. The summed E-state index contributed by atoms with van der Waals surface area (Å²) in [5.41, 5.74) is 4.15. The van der Waals surface area contributed by atoms with Crippen molar-refractivity contribution in [1.82, 2.24) is 4.90 Å². The SMILES string of the molecule is CN1CC=CCCCCN2C[C@@]3(CCCc4cc(Cl)ccc43)COc3ccc(cc32)[C@@H](C(=O)O)CCC1=O. The number of carboxylic acids is 1. The van der Waals surface area contributed by atoms with Gasteiger partial charge >= 0.3 is 5.97 Å². The molecule has 5 rings (SSSR count). The molecule has 7 heteroatoms. The van der Waals surface area contributed by atoms with Crippen LogP contribution in [0.2, 0.25) is 5.02 Å². The number of allylic oxidation sites excluding steroid dienone is 1. The Morgan fingerprint density at radius 3 is 2.82 bits per heavy atom. The number of halogens is 1. The standard InChI is InChI=1S/C31H37ClN2O4/c1-33-16-5-3-2-4-6-17-34-20-31(15-7-8-23-18-24(32)10-12-26(23)31)21-38-28-13-9-22(19-27(28)34)25(30(36)37)11-14-29(33)35/h3,5,9-10,12-13,18-19,25H,2,4,6-8,11,14-17,20-21H2,1H3,(H,36,37)/t25-,31-/m0/s1. The first-order valence-electron chi connectivity index (χ1n) is 13.8. The number of carboxylic acid groups (broad SMARTS) is 1. The maximum absolute atomic E-state index is 12.7. The van der Waals surface area contributed by atoms with Crippen molar-refractivity contribution in [2.75, 3.05) is 38.2 Å². The molecule has 38 heavy (non-hydrogen) atoms. The zero-order chi connectivity index (χ0) is 26.7. The topological polar surface area (TPSA) is 70.1 Å². The lowest BCUT2D eigenvalue weighted by Crippen LogP contribution is -2.46. The Morgan fingerprint density at radius 1 is 1.11 bits per heavy atom. The highest BCUT2D eigenvalue weighted by Crippen LogP contribution is 2.45. The average Bonchev–Trinajstić information content (AvgIpc) is 3.04. The van der Waals surface area contributed by atoms with Crippen LogP contribution in [0.25, 0.3) is 0 Å². The van der Waals surface area contributed by atoms with Crippen molar-refractivity contribution >= 4 is 29.2 Å². The van der Waals surface area contributed by atoms with Crippen molar-refractivity contribution in [2.45, 2.75) is 62.7 Å². The van der Waals surface area contributed by atoms with Crippen LogP contribution in [0.4, 0.5) is 5.69 Å². The molecule has 2 aromatic carbocycles. The molecule has 1 spiro atoms. The van der Waals surface area contributed by atoms with Crippen molar-refractivity contribution in [1.29, 1.82) is 0 Å². The van der Waals surface area contributed by atoms with Gasteiger partial charge in [0.05, 0.1) is 18.2 Å². The van der Waals surface area contributed by atoms with Crippen LogP contribution in [-0.2, 0) is 21.4 Å². The summed E-state index contributed by atoms with van der Waals surface area (Å²) in [4.78, 5) is 29.1. The predicted molar refractivity (Wildman–Crippen MR) is 150 cm³/mol. The molecule has 202 valence electrons. The van der Waals surface area contributed by atoms with Gasteiger partial charge in [0, 0.05) is 43.5 Å². The van der Waals surface area contributed by atoms with E-state index in [1.807, 2.05) is 30.3 Å². The number of hydrogen-bond donors (Lipinski definition) is 1. The molecule has 2 aliphatic heterocycles. The van der Waals surface area contributed by atoms with Gasteiger partial charge < -0.3 is 19.6 Å². The zero-order valence-electron chi connectivity index (χ0n) is 22.1. The van der Waals surface area contributed by atoms with E-state index in [-0.39, 0.29) is 24.2 Å². The number of carbonyl (C=O) groups is 2. The number of aryl methyl sites for hydroxylation is 1. The molecule has 0 radical (unpaired) electrons. The Balaban J connectivity index is 1.52. The molecule has 0 aromatic heterocycles. The molecule has 1 amide bonds. The minimum Gasteiger partial charge on any atom is -0.490 e. The predicted octanol–water partition coefficient (Wildman–Crippen LogP) is 5.96. The summed E-state index contributed by atoms with van der Waals surface area (Å²) in [5.74, 6) is -0.895. The maximum Gasteiger partial charge on any atom is 0.310 e. The molecule has 0 saturated carbocycles. The number of anilines is 1. The largest absolute Gasteiger partial charge is 0.490 e. The average molecular weight is 537 g/mol. The number of aliphatic carboxylic acids is 1. The molecule has 2 heterocycles. The van der Waals surface area contributed by atoms with Crippen molar-refractivity contribution in [3.05, 3.63) is 70.3 Å². The van der Waals surface area contributed by atoms with Crippen LogP contribution in [0.3, 0.4) is 0 Å². The lowest BCUT2D eigenvalue weighted by atomic mass is 9.70. The summed E-state index contributed by atoms with van der Waals surface area (Å²) < 4.78 is 6.53. The Bertz CT molecular complexity index is 1230. The lowest BCUT2D eigenvalue weighted by molar-refractivity contribution is -0.139. The van der Waals surface area contributed by atoms with E-state index in [0.29, 0.717) is 13.2 Å². The zero-order valence-corrected chi connectivity index (χ0v) is 22.9. The van der Waals surface area contributed by atoms with E-state index in [0.717, 1.165) is 73.6 Å². The fourth-order valence-electron chi connectivity index (χ4n) is 6.29. The number of amides is 1. The molecule has 0 unspecified atom stereocenters. The van der Waals surface area contributed by atoms with Gasteiger partial charge in [-0.05, 0) is 85.9 Å². The van der Waals surface area contributed by atoms with Crippen LogP contribution < -0.4 is 9.64 Å². The molecule has 1 aliphatic carbocycles. The molecule has 6 nitrogen and oxygen atoms in total. The number of nitrogens with zero attached hydrogens (tertiary/aromatic N) is 2. The number of hydrogen-bond acceptors (Lipinski definition) is 4. The quantitative estimate of drug-likeness (QED) is 0.455. The van der Waals surface area contributed by atoms with Crippen LogP contribution in [-0.4, -0.2) is 55.2 Å². The van der Waals surface area contributed by atoms with Crippen LogP contribution in [0.1, 0.15) is 67.6 Å². The second-order valence-corrected chi connectivity index (χ2v) is 11.5.